The zero-order valence-electron chi connectivity index (χ0n) is 14.7. The molecule has 0 atom stereocenters. The summed E-state index contributed by atoms with van der Waals surface area (Å²) >= 11 is 0. The molecule has 122 valence electrons. The summed E-state index contributed by atoms with van der Waals surface area (Å²) in [5.41, 5.74) is 4.55. The van der Waals surface area contributed by atoms with E-state index in [1.807, 2.05) is 42.5 Å². The van der Waals surface area contributed by atoms with Crippen LogP contribution in [0.5, 0.6) is 0 Å². The number of rotatable bonds is 3. The lowest BCUT2D eigenvalue weighted by Crippen LogP contribution is -2.28. The lowest BCUT2D eigenvalue weighted by Gasteiger charge is -2.24. The first-order valence-electron chi connectivity index (χ1n) is 8.24. The molecule has 3 aromatic rings. The number of aryl methyl sites for hydroxylation is 4. The van der Waals surface area contributed by atoms with Gasteiger partial charge in [-0.2, -0.15) is 0 Å². The van der Waals surface area contributed by atoms with Gasteiger partial charge in [0.25, 0.3) is 0 Å². The van der Waals surface area contributed by atoms with Crippen molar-refractivity contribution in [2.75, 3.05) is 0 Å². The quantitative estimate of drug-likeness (QED) is 0.642. The summed E-state index contributed by atoms with van der Waals surface area (Å²) in [6, 6.07) is 22.3. The molecule has 0 N–H and O–H groups in total. The van der Waals surface area contributed by atoms with Gasteiger partial charge in [-0.15, -0.1) is 0 Å². The van der Waals surface area contributed by atoms with Crippen LogP contribution in [0.25, 0.3) is 0 Å². The van der Waals surface area contributed by atoms with Crippen LogP contribution in [0.2, 0.25) is 0 Å². The van der Waals surface area contributed by atoms with Gasteiger partial charge in [0, 0.05) is 15.9 Å². The normalized spacial score (nSPS) is 11.5. The molecule has 0 saturated heterocycles. The van der Waals surface area contributed by atoms with Crippen LogP contribution in [0, 0.1) is 27.7 Å². The molecule has 0 radical (unpaired) electrons. The zero-order valence-corrected chi connectivity index (χ0v) is 15.6. The summed E-state index contributed by atoms with van der Waals surface area (Å²) in [6.45, 7) is 8.26. The molecule has 0 amide bonds. The Balaban J connectivity index is 2.36. The van der Waals surface area contributed by atoms with Crippen LogP contribution >= 0.6 is 7.14 Å². The first-order chi connectivity index (χ1) is 11.4. The fourth-order valence-electron chi connectivity index (χ4n) is 3.36. The molecule has 0 saturated carbocycles. The van der Waals surface area contributed by atoms with Crippen molar-refractivity contribution in [3.63, 3.8) is 0 Å². The van der Waals surface area contributed by atoms with Gasteiger partial charge < -0.3 is 4.57 Å². The predicted octanol–water partition coefficient (Wildman–Crippen LogP) is 4.56. The average Bonchev–Trinajstić information content (AvgIpc) is 2.55. The molecular weight excluding hydrogens is 311 g/mol. The van der Waals surface area contributed by atoms with E-state index in [9.17, 15) is 4.57 Å². The van der Waals surface area contributed by atoms with Gasteiger partial charge in [-0.1, -0.05) is 77.9 Å². The van der Waals surface area contributed by atoms with Gasteiger partial charge in [0.15, 0.2) is 7.14 Å². The van der Waals surface area contributed by atoms with Crippen molar-refractivity contribution in [3.8, 4) is 0 Å². The predicted molar refractivity (Wildman–Crippen MR) is 105 cm³/mol. The lowest BCUT2D eigenvalue weighted by atomic mass is 10.1. The summed E-state index contributed by atoms with van der Waals surface area (Å²) in [4.78, 5) is 0. The maximum atomic E-state index is 14.5. The molecule has 0 bridgehead atoms. The standard InChI is InChI=1S/C22H23OP/c1-16-10-12-21(18(3)14-16)24(23,20-8-6-5-7-9-20)22-13-11-17(2)15-19(22)4/h5-15H,1-4H3. The van der Waals surface area contributed by atoms with E-state index in [4.69, 9.17) is 0 Å². The van der Waals surface area contributed by atoms with Crippen LogP contribution in [-0.2, 0) is 4.57 Å². The second-order valence-corrected chi connectivity index (χ2v) is 9.22. The van der Waals surface area contributed by atoms with Gasteiger partial charge in [-0.25, -0.2) is 0 Å². The Morgan fingerprint density at radius 2 is 1.08 bits per heavy atom. The molecule has 1 nitrogen and oxygen atoms in total. The molecule has 2 heteroatoms. The molecule has 0 fully saturated rings. The fourth-order valence-corrected chi connectivity index (χ4v) is 6.46. The van der Waals surface area contributed by atoms with Crippen molar-refractivity contribution in [1.29, 1.82) is 0 Å². The smallest absolute Gasteiger partial charge is 0.171 e. The molecule has 0 aliphatic rings. The Morgan fingerprint density at radius 3 is 1.50 bits per heavy atom. The van der Waals surface area contributed by atoms with Gasteiger partial charge in [-0.3, -0.25) is 0 Å². The van der Waals surface area contributed by atoms with E-state index in [2.05, 4.69) is 52.0 Å². The van der Waals surface area contributed by atoms with E-state index in [-0.39, 0.29) is 0 Å². The first kappa shape index (κ1) is 16.7. The molecule has 3 aromatic carbocycles. The molecule has 0 aliphatic carbocycles. The van der Waals surface area contributed by atoms with Crippen LogP contribution in [-0.4, -0.2) is 0 Å². The molecule has 0 aliphatic heterocycles. The lowest BCUT2D eigenvalue weighted by molar-refractivity contribution is 0.592. The molecule has 0 aromatic heterocycles. The van der Waals surface area contributed by atoms with Gasteiger partial charge in [0.1, 0.15) is 0 Å². The van der Waals surface area contributed by atoms with Crippen LogP contribution in [0.15, 0.2) is 66.7 Å². The number of benzene rings is 3. The monoisotopic (exact) mass is 334 g/mol. The van der Waals surface area contributed by atoms with Crippen molar-refractivity contribution in [3.05, 3.63) is 89.0 Å². The summed E-state index contributed by atoms with van der Waals surface area (Å²) in [5, 5.41) is 2.77. The second-order valence-electron chi connectivity index (χ2n) is 6.52. The second kappa shape index (κ2) is 6.42. The first-order valence-corrected chi connectivity index (χ1v) is 9.95. The Bertz CT molecular complexity index is 870. The van der Waals surface area contributed by atoms with Crippen LogP contribution in [0.4, 0.5) is 0 Å². The topological polar surface area (TPSA) is 17.1 Å². The highest BCUT2D eigenvalue weighted by Gasteiger charge is 2.32. The zero-order chi connectivity index (χ0) is 17.3. The maximum Gasteiger partial charge on any atom is 0.171 e. The SMILES string of the molecule is Cc1ccc(P(=O)(c2ccccc2)c2ccc(C)cc2C)c(C)c1. The minimum absolute atomic E-state index is 0.893. The third-order valence-corrected chi connectivity index (χ3v) is 7.89. The highest BCUT2D eigenvalue weighted by molar-refractivity contribution is 7.85. The van der Waals surface area contributed by atoms with Gasteiger partial charge >= 0.3 is 0 Å². The molecule has 0 spiro atoms. The van der Waals surface area contributed by atoms with Crippen LogP contribution in [0.3, 0.4) is 0 Å². The fraction of sp³-hybridized carbons (Fsp3) is 0.182. The van der Waals surface area contributed by atoms with E-state index in [1.54, 1.807) is 0 Å². The highest BCUT2D eigenvalue weighted by atomic mass is 31.2. The van der Waals surface area contributed by atoms with E-state index in [1.165, 1.54) is 11.1 Å². The molecule has 3 rings (SSSR count). The average molecular weight is 334 g/mol. The molecule has 0 heterocycles. The minimum Gasteiger partial charge on any atom is -0.309 e. The summed E-state index contributed by atoms with van der Waals surface area (Å²) < 4.78 is 14.5. The third kappa shape index (κ3) is 2.85. The number of hydrogen-bond acceptors (Lipinski definition) is 1. The summed E-state index contributed by atoms with van der Waals surface area (Å²) in [7, 11) is -2.89. The van der Waals surface area contributed by atoms with Crippen molar-refractivity contribution in [2.45, 2.75) is 27.7 Å². The van der Waals surface area contributed by atoms with Crippen LogP contribution < -0.4 is 15.9 Å². The Labute approximate surface area is 144 Å². The largest absolute Gasteiger partial charge is 0.309 e. The van der Waals surface area contributed by atoms with E-state index < -0.39 is 7.14 Å². The molecular formula is C22H23OP. The van der Waals surface area contributed by atoms with Crippen molar-refractivity contribution in [1.82, 2.24) is 0 Å². The van der Waals surface area contributed by atoms with E-state index in [0.717, 1.165) is 27.0 Å². The van der Waals surface area contributed by atoms with Crippen molar-refractivity contribution < 1.29 is 4.57 Å². The Kier molecular flexibility index (Phi) is 4.47. The Hall–Kier alpha value is -2.11. The third-order valence-electron chi connectivity index (χ3n) is 4.50. The summed E-state index contributed by atoms with van der Waals surface area (Å²) in [5.74, 6) is 0. The van der Waals surface area contributed by atoms with Gasteiger partial charge in [0.05, 0.1) is 0 Å². The van der Waals surface area contributed by atoms with Crippen LogP contribution in [0.1, 0.15) is 22.3 Å². The van der Waals surface area contributed by atoms with Gasteiger partial charge in [0.2, 0.25) is 0 Å². The molecule has 0 unspecified atom stereocenters. The maximum absolute atomic E-state index is 14.5. The van der Waals surface area contributed by atoms with Crippen molar-refractivity contribution >= 4 is 23.1 Å². The van der Waals surface area contributed by atoms with Gasteiger partial charge in [-0.05, 0) is 38.8 Å². The number of hydrogen-bond donors (Lipinski definition) is 0. The highest BCUT2D eigenvalue weighted by Crippen LogP contribution is 2.44. The summed E-state index contributed by atoms with van der Waals surface area (Å²) in [6.07, 6.45) is 0. The molecule has 24 heavy (non-hydrogen) atoms. The van der Waals surface area contributed by atoms with Crippen molar-refractivity contribution in [2.24, 2.45) is 0 Å². The Morgan fingerprint density at radius 1 is 0.625 bits per heavy atom. The minimum atomic E-state index is -2.89. The van der Waals surface area contributed by atoms with E-state index >= 15 is 0 Å². The van der Waals surface area contributed by atoms with E-state index in [0.29, 0.717) is 0 Å².